The van der Waals surface area contributed by atoms with Crippen molar-refractivity contribution in [3.8, 4) is 0 Å². The maximum Gasteiger partial charge on any atom is 0.242 e. The molecule has 5 nitrogen and oxygen atoms in total. The van der Waals surface area contributed by atoms with Crippen molar-refractivity contribution in [2.24, 2.45) is 0 Å². The third kappa shape index (κ3) is 4.61. The summed E-state index contributed by atoms with van der Waals surface area (Å²) in [5.41, 5.74) is 1.45. The summed E-state index contributed by atoms with van der Waals surface area (Å²) in [4.78, 5) is 32.5. The van der Waals surface area contributed by atoms with Gasteiger partial charge in [0.05, 0.1) is 16.4 Å². The number of anilines is 1. The maximum atomic E-state index is 13.5. The summed E-state index contributed by atoms with van der Waals surface area (Å²) in [5, 5.41) is 10.5. The molecule has 1 saturated heterocycles. The molecular weight excluding hydrogens is 486 g/mol. The Morgan fingerprint density at radius 1 is 1.09 bits per heavy atom. The van der Waals surface area contributed by atoms with Crippen molar-refractivity contribution in [2.45, 2.75) is 60.3 Å². The summed E-state index contributed by atoms with van der Waals surface area (Å²) in [6.07, 6.45) is 7.78. The van der Waals surface area contributed by atoms with Crippen LogP contribution in [0.3, 0.4) is 0 Å². The Kier molecular flexibility index (Phi) is 6.95. The molecule has 0 radical (unpaired) electrons. The number of halogens is 1. The second kappa shape index (κ2) is 10.1. The number of benzene rings is 1. The third-order valence-corrected chi connectivity index (χ3v) is 9.03. The second-order valence-corrected chi connectivity index (χ2v) is 11.2. The molecule has 1 aromatic carbocycles. The van der Waals surface area contributed by atoms with Crippen LogP contribution in [0.15, 0.2) is 64.3 Å². The molecule has 3 heterocycles. The second-order valence-electron chi connectivity index (χ2n) is 8.86. The van der Waals surface area contributed by atoms with Gasteiger partial charge in [-0.25, -0.2) is 0 Å². The van der Waals surface area contributed by atoms with E-state index in [9.17, 15) is 9.59 Å². The lowest BCUT2D eigenvalue weighted by Gasteiger charge is -2.40. The van der Waals surface area contributed by atoms with Crippen LogP contribution in [-0.2, 0) is 15.1 Å². The van der Waals surface area contributed by atoms with Crippen molar-refractivity contribution in [2.75, 3.05) is 5.32 Å². The fourth-order valence-corrected chi connectivity index (χ4v) is 6.87. The van der Waals surface area contributed by atoms with E-state index in [2.05, 4.69) is 10.6 Å². The largest absolute Gasteiger partial charge is 0.381 e. The zero-order valence-corrected chi connectivity index (χ0v) is 21.0. The number of rotatable bonds is 6. The number of Topliss-reactive ketones (excluding diaryl/α,β-unsaturated/α-hetero) is 1. The monoisotopic (exact) mass is 511 g/mol. The van der Waals surface area contributed by atoms with Gasteiger partial charge in [-0.05, 0) is 59.5 Å². The van der Waals surface area contributed by atoms with E-state index in [4.69, 9.17) is 16.6 Å². The number of amides is 1. The Morgan fingerprint density at radius 2 is 1.91 bits per heavy atom. The summed E-state index contributed by atoms with van der Waals surface area (Å²) in [6, 6.07) is 13.5. The highest BCUT2D eigenvalue weighted by molar-refractivity contribution is 8.01. The van der Waals surface area contributed by atoms with Crippen LogP contribution >= 0.6 is 34.7 Å². The molecule has 2 fully saturated rings. The molecule has 8 heteroatoms. The lowest BCUT2D eigenvalue weighted by Crippen LogP contribution is -2.58. The van der Waals surface area contributed by atoms with Crippen LogP contribution in [0.1, 0.15) is 49.8 Å². The number of pyridine rings is 1. The van der Waals surface area contributed by atoms with Gasteiger partial charge in [-0.15, -0.1) is 11.8 Å². The van der Waals surface area contributed by atoms with Crippen molar-refractivity contribution in [3.05, 3.63) is 75.7 Å². The number of thioether (sulfide) groups is 1. The Bertz CT molecular complexity index is 1160. The number of ketones is 1. The van der Waals surface area contributed by atoms with Gasteiger partial charge < -0.3 is 10.6 Å². The number of thiophene rings is 1. The Morgan fingerprint density at radius 3 is 2.65 bits per heavy atom. The van der Waals surface area contributed by atoms with Crippen LogP contribution in [-0.4, -0.2) is 28.0 Å². The third-order valence-electron chi connectivity index (χ3n) is 6.58. The molecule has 1 amide bonds. The Hall–Kier alpha value is -2.35. The first-order valence-electron chi connectivity index (χ1n) is 11.6. The Labute approximate surface area is 212 Å². The number of hydrogen-bond donors (Lipinski definition) is 2. The predicted octanol–water partition coefficient (Wildman–Crippen LogP) is 6.03. The molecule has 2 unspecified atom stereocenters. The summed E-state index contributed by atoms with van der Waals surface area (Å²) in [5.74, 6) is -0.448. The number of nitrogens with zero attached hydrogens (tertiary/aromatic N) is 1. The van der Waals surface area contributed by atoms with Crippen molar-refractivity contribution < 1.29 is 9.59 Å². The average Bonchev–Trinajstić information content (AvgIpc) is 3.39. The van der Waals surface area contributed by atoms with Gasteiger partial charge in [-0.2, -0.15) is 11.3 Å². The number of nitrogens with one attached hydrogen (secondary N) is 2. The van der Waals surface area contributed by atoms with Gasteiger partial charge in [0.1, 0.15) is 10.8 Å². The minimum absolute atomic E-state index is 0.130. The van der Waals surface area contributed by atoms with E-state index in [1.807, 2.05) is 47.2 Å². The molecule has 2 aliphatic rings. The summed E-state index contributed by atoms with van der Waals surface area (Å²) >= 11 is 9.05. The van der Waals surface area contributed by atoms with Gasteiger partial charge in [0.25, 0.3) is 0 Å². The molecule has 1 aliphatic carbocycles. The van der Waals surface area contributed by atoms with E-state index in [0.29, 0.717) is 16.8 Å². The zero-order valence-electron chi connectivity index (χ0n) is 18.6. The van der Waals surface area contributed by atoms with Gasteiger partial charge in [-0.3, -0.25) is 14.6 Å². The smallest absolute Gasteiger partial charge is 0.242 e. The van der Waals surface area contributed by atoms with E-state index < -0.39 is 10.8 Å². The minimum atomic E-state index is -1.01. The van der Waals surface area contributed by atoms with Crippen LogP contribution in [0, 0.1) is 0 Å². The molecule has 2 aromatic heterocycles. The van der Waals surface area contributed by atoms with Crippen LogP contribution < -0.4 is 10.6 Å². The lowest BCUT2D eigenvalue weighted by molar-refractivity contribution is -0.133. The number of aromatic nitrogens is 1. The SMILES string of the molecule is O=C1CC(c2ccsc2)(c2ncccc2NC2CCCCC2)NC(=O)C1Sc1ccccc1Cl. The molecule has 0 bridgehead atoms. The topological polar surface area (TPSA) is 71.1 Å². The molecule has 2 atom stereocenters. The normalized spacial score (nSPS) is 23.5. The number of piperidine rings is 1. The van der Waals surface area contributed by atoms with Gasteiger partial charge in [0.15, 0.2) is 5.78 Å². The van der Waals surface area contributed by atoms with Crippen LogP contribution in [0.2, 0.25) is 5.02 Å². The predicted molar refractivity (Wildman–Crippen MR) is 139 cm³/mol. The molecule has 176 valence electrons. The van der Waals surface area contributed by atoms with Crippen LogP contribution in [0.25, 0.3) is 0 Å². The zero-order chi connectivity index (χ0) is 23.5. The summed E-state index contributed by atoms with van der Waals surface area (Å²) < 4.78 is 0. The van der Waals surface area contributed by atoms with Crippen molar-refractivity contribution >= 4 is 52.1 Å². The van der Waals surface area contributed by atoms with Crippen molar-refractivity contribution in [3.63, 3.8) is 0 Å². The number of carbonyl (C=O) groups excluding carboxylic acids is 2. The van der Waals surface area contributed by atoms with E-state index >= 15 is 0 Å². The van der Waals surface area contributed by atoms with Gasteiger partial charge in [0, 0.05) is 23.6 Å². The lowest BCUT2D eigenvalue weighted by atomic mass is 9.78. The molecular formula is C26H26ClN3O2S2. The minimum Gasteiger partial charge on any atom is -0.381 e. The summed E-state index contributed by atoms with van der Waals surface area (Å²) in [7, 11) is 0. The van der Waals surface area contributed by atoms with Gasteiger partial charge in [0.2, 0.25) is 5.91 Å². The first-order valence-corrected chi connectivity index (χ1v) is 13.8. The average molecular weight is 512 g/mol. The fraction of sp³-hybridized carbons (Fsp3) is 0.346. The Balaban J connectivity index is 1.50. The first-order chi connectivity index (χ1) is 16.6. The maximum absolute atomic E-state index is 13.5. The highest BCUT2D eigenvalue weighted by atomic mass is 35.5. The quantitative estimate of drug-likeness (QED) is 0.395. The standard InChI is InChI=1S/C26H26ClN3O2S2/c27-19-9-4-5-11-22(19)34-23-21(31)15-26(30-25(23)32,17-12-14-33-16-17)24-20(10-6-13-28-24)29-18-7-2-1-3-8-18/h4-6,9-14,16,18,23,29H,1-3,7-8,15H2,(H,30,32). The van der Waals surface area contributed by atoms with Gasteiger partial charge >= 0.3 is 0 Å². The highest BCUT2D eigenvalue weighted by Gasteiger charge is 2.49. The highest BCUT2D eigenvalue weighted by Crippen LogP contribution is 2.43. The van der Waals surface area contributed by atoms with E-state index in [0.717, 1.165) is 29.0 Å². The van der Waals surface area contributed by atoms with Crippen molar-refractivity contribution in [1.82, 2.24) is 10.3 Å². The van der Waals surface area contributed by atoms with Gasteiger partial charge in [-0.1, -0.05) is 43.0 Å². The van der Waals surface area contributed by atoms with E-state index in [-0.39, 0.29) is 18.1 Å². The molecule has 34 heavy (non-hydrogen) atoms. The molecule has 2 N–H and O–H groups in total. The van der Waals surface area contributed by atoms with E-state index in [1.54, 1.807) is 23.6 Å². The number of hydrogen-bond acceptors (Lipinski definition) is 6. The van der Waals surface area contributed by atoms with Crippen molar-refractivity contribution in [1.29, 1.82) is 0 Å². The summed E-state index contributed by atoms with van der Waals surface area (Å²) in [6.45, 7) is 0. The van der Waals surface area contributed by atoms with Crippen LogP contribution in [0.5, 0.6) is 0 Å². The molecule has 1 aliphatic heterocycles. The molecule has 5 rings (SSSR count). The molecule has 1 saturated carbocycles. The number of carbonyl (C=O) groups is 2. The molecule has 3 aromatic rings. The molecule has 0 spiro atoms. The fourth-order valence-electron chi connectivity index (χ4n) is 4.90. The first kappa shape index (κ1) is 23.4. The van der Waals surface area contributed by atoms with Crippen LogP contribution in [0.4, 0.5) is 5.69 Å². The van der Waals surface area contributed by atoms with E-state index in [1.165, 1.54) is 31.0 Å².